The Morgan fingerprint density at radius 1 is 1.32 bits per heavy atom. The van der Waals surface area contributed by atoms with Gasteiger partial charge in [0, 0.05) is 12.1 Å². The number of nitrogens with two attached hydrogens (primary N) is 1. The van der Waals surface area contributed by atoms with Gasteiger partial charge >= 0.3 is 5.97 Å². The SMILES string of the molecule is CNS(=O)(=O)c1cccc(-c2cc(C(=O)OC)cc3c2nc(C)n3CC(F)=CCN)c1. The van der Waals surface area contributed by atoms with Gasteiger partial charge in [-0.3, -0.25) is 0 Å². The van der Waals surface area contributed by atoms with Crippen LogP contribution in [0.5, 0.6) is 0 Å². The molecule has 164 valence electrons. The summed E-state index contributed by atoms with van der Waals surface area (Å²) in [4.78, 5) is 16.9. The number of rotatable bonds is 7. The van der Waals surface area contributed by atoms with Crippen LogP contribution in [0, 0.1) is 6.92 Å². The zero-order chi connectivity index (χ0) is 22.8. The second-order valence-electron chi connectivity index (χ2n) is 6.75. The van der Waals surface area contributed by atoms with Crippen LogP contribution in [0.4, 0.5) is 4.39 Å². The van der Waals surface area contributed by atoms with Gasteiger partial charge in [0.15, 0.2) is 0 Å². The molecule has 0 spiro atoms. The third kappa shape index (κ3) is 4.50. The van der Waals surface area contributed by atoms with Crippen molar-refractivity contribution in [2.75, 3.05) is 20.7 Å². The van der Waals surface area contributed by atoms with E-state index < -0.39 is 21.8 Å². The number of sulfonamides is 1. The highest BCUT2D eigenvalue weighted by Crippen LogP contribution is 2.32. The van der Waals surface area contributed by atoms with Gasteiger partial charge in [-0.15, -0.1) is 0 Å². The van der Waals surface area contributed by atoms with E-state index in [0.717, 1.165) is 0 Å². The van der Waals surface area contributed by atoms with Crippen molar-refractivity contribution in [1.82, 2.24) is 14.3 Å². The number of imidazole rings is 1. The molecule has 0 unspecified atom stereocenters. The molecule has 0 aliphatic carbocycles. The molecule has 2 aromatic carbocycles. The Hall–Kier alpha value is -3.08. The van der Waals surface area contributed by atoms with E-state index in [2.05, 4.69) is 9.71 Å². The van der Waals surface area contributed by atoms with Gasteiger partial charge in [0.1, 0.15) is 11.7 Å². The zero-order valence-corrected chi connectivity index (χ0v) is 18.2. The first-order valence-corrected chi connectivity index (χ1v) is 10.9. The standard InChI is InChI=1S/C21H23FN4O4S/c1-13-25-20-18(14-5-4-6-17(9-14)31(28,29)24-2)10-15(21(27)30-3)11-19(20)26(13)12-16(22)7-8-23/h4-7,9-11,24H,8,12,23H2,1-3H3. The molecule has 3 rings (SSSR count). The number of benzene rings is 2. The summed E-state index contributed by atoms with van der Waals surface area (Å²) < 4.78 is 47.5. The Morgan fingerprint density at radius 2 is 2.06 bits per heavy atom. The maximum absolute atomic E-state index is 14.2. The van der Waals surface area contributed by atoms with Crippen molar-refractivity contribution in [2.45, 2.75) is 18.4 Å². The van der Waals surface area contributed by atoms with Gasteiger partial charge in [0.05, 0.1) is 35.1 Å². The van der Waals surface area contributed by atoms with Crippen LogP contribution in [-0.2, 0) is 21.3 Å². The van der Waals surface area contributed by atoms with Crippen LogP contribution in [0.15, 0.2) is 53.2 Å². The lowest BCUT2D eigenvalue weighted by molar-refractivity contribution is 0.0601. The number of allylic oxidation sites excluding steroid dienone is 1. The topological polar surface area (TPSA) is 116 Å². The molecule has 1 heterocycles. The van der Waals surface area contributed by atoms with Crippen molar-refractivity contribution in [3.63, 3.8) is 0 Å². The number of hydrogen-bond acceptors (Lipinski definition) is 6. The van der Waals surface area contributed by atoms with E-state index in [0.29, 0.717) is 28.0 Å². The van der Waals surface area contributed by atoms with E-state index in [9.17, 15) is 17.6 Å². The fourth-order valence-corrected chi connectivity index (χ4v) is 4.06. The smallest absolute Gasteiger partial charge is 0.337 e. The molecule has 1 aromatic heterocycles. The van der Waals surface area contributed by atoms with Crippen molar-refractivity contribution in [1.29, 1.82) is 0 Å². The number of carbonyl (C=O) groups is 1. The summed E-state index contributed by atoms with van der Waals surface area (Å²) >= 11 is 0. The summed E-state index contributed by atoms with van der Waals surface area (Å²) in [5, 5.41) is 0. The zero-order valence-electron chi connectivity index (χ0n) is 17.3. The molecule has 0 bridgehead atoms. The molecular weight excluding hydrogens is 423 g/mol. The first-order valence-electron chi connectivity index (χ1n) is 9.39. The summed E-state index contributed by atoms with van der Waals surface area (Å²) in [6.45, 7) is 1.68. The number of fused-ring (bicyclic) bond motifs is 1. The summed E-state index contributed by atoms with van der Waals surface area (Å²) in [5.74, 6) is -0.486. The predicted molar refractivity (Wildman–Crippen MR) is 116 cm³/mol. The number of carbonyl (C=O) groups excluding carboxylic acids is 1. The van der Waals surface area contributed by atoms with Crippen molar-refractivity contribution in [3.8, 4) is 11.1 Å². The molecule has 0 amide bonds. The van der Waals surface area contributed by atoms with Gasteiger partial charge in [-0.2, -0.15) is 0 Å². The van der Waals surface area contributed by atoms with Gasteiger partial charge < -0.3 is 15.0 Å². The lowest BCUT2D eigenvalue weighted by Gasteiger charge is -2.10. The molecule has 0 aliphatic heterocycles. The molecule has 0 fully saturated rings. The second kappa shape index (κ2) is 8.96. The Balaban J connectivity index is 2.30. The summed E-state index contributed by atoms with van der Waals surface area (Å²) in [5.41, 5.74) is 7.70. The van der Waals surface area contributed by atoms with Crippen molar-refractivity contribution in [2.24, 2.45) is 5.73 Å². The van der Waals surface area contributed by atoms with E-state index in [4.69, 9.17) is 10.5 Å². The molecule has 0 radical (unpaired) electrons. The van der Waals surface area contributed by atoms with Gasteiger partial charge in [-0.25, -0.2) is 27.3 Å². The van der Waals surface area contributed by atoms with Crippen LogP contribution in [0.1, 0.15) is 16.2 Å². The van der Waals surface area contributed by atoms with E-state index in [1.54, 1.807) is 35.8 Å². The highest BCUT2D eigenvalue weighted by atomic mass is 32.2. The molecule has 0 atom stereocenters. The predicted octanol–water partition coefficient (Wildman–Crippen LogP) is 2.52. The second-order valence-corrected chi connectivity index (χ2v) is 8.64. The van der Waals surface area contributed by atoms with E-state index in [-0.39, 0.29) is 23.5 Å². The van der Waals surface area contributed by atoms with Crippen LogP contribution >= 0.6 is 0 Å². The van der Waals surface area contributed by atoms with Gasteiger partial charge in [-0.05, 0) is 49.9 Å². The number of esters is 1. The first-order chi connectivity index (χ1) is 14.7. The largest absolute Gasteiger partial charge is 0.465 e. The molecule has 0 aliphatic rings. The quantitative estimate of drug-likeness (QED) is 0.539. The lowest BCUT2D eigenvalue weighted by atomic mass is 10.0. The minimum atomic E-state index is -3.67. The fraction of sp³-hybridized carbons (Fsp3) is 0.238. The molecular formula is C21H23FN4O4S. The minimum Gasteiger partial charge on any atom is -0.465 e. The van der Waals surface area contributed by atoms with E-state index >= 15 is 0 Å². The number of hydrogen-bond donors (Lipinski definition) is 2. The Labute approximate surface area is 179 Å². The highest BCUT2D eigenvalue weighted by Gasteiger charge is 2.20. The molecule has 3 N–H and O–H groups in total. The Morgan fingerprint density at radius 3 is 2.71 bits per heavy atom. The number of aryl methyl sites for hydroxylation is 1. The number of methoxy groups -OCH3 is 1. The van der Waals surface area contributed by atoms with Crippen molar-refractivity contribution >= 4 is 27.0 Å². The maximum atomic E-state index is 14.2. The maximum Gasteiger partial charge on any atom is 0.337 e. The number of halogens is 1. The third-order valence-corrected chi connectivity index (χ3v) is 6.25. The van der Waals surface area contributed by atoms with E-state index in [1.165, 1.54) is 32.4 Å². The summed E-state index contributed by atoms with van der Waals surface area (Å²) in [7, 11) is -1.09. The first kappa shape index (κ1) is 22.6. The van der Waals surface area contributed by atoms with Crippen molar-refractivity contribution in [3.05, 3.63) is 59.7 Å². The van der Waals surface area contributed by atoms with Crippen LogP contribution < -0.4 is 10.5 Å². The van der Waals surface area contributed by atoms with Crippen molar-refractivity contribution < 1.29 is 22.3 Å². The molecule has 8 nitrogen and oxygen atoms in total. The van der Waals surface area contributed by atoms with E-state index in [1.807, 2.05) is 0 Å². The average Bonchev–Trinajstić information content (AvgIpc) is 3.07. The Kier molecular flexibility index (Phi) is 6.54. The number of nitrogens with zero attached hydrogens (tertiary/aromatic N) is 2. The Bertz CT molecular complexity index is 1280. The number of aromatic nitrogens is 2. The number of ether oxygens (including phenoxy) is 1. The third-order valence-electron chi connectivity index (χ3n) is 4.84. The lowest BCUT2D eigenvalue weighted by Crippen LogP contribution is -2.18. The average molecular weight is 447 g/mol. The molecule has 0 saturated heterocycles. The fourth-order valence-electron chi connectivity index (χ4n) is 3.29. The van der Waals surface area contributed by atoms with Gasteiger partial charge in [0.2, 0.25) is 10.0 Å². The molecule has 3 aromatic rings. The van der Waals surface area contributed by atoms with Crippen LogP contribution in [0.2, 0.25) is 0 Å². The normalized spacial score (nSPS) is 12.4. The van der Waals surface area contributed by atoms with Crippen LogP contribution in [-0.4, -0.2) is 44.6 Å². The highest BCUT2D eigenvalue weighted by molar-refractivity contribution is 7.89. The molecule has 31 heavy (non-hydrogen) atoms. The monoisotopic (exact) mass is 446 g/mol. The summed E-state index contributed by atoms with van der Waals surface area (Å²) in [6, 6.07) is 9.44. The summed E-state index contributed by atoms with van der Waals surface area (Å²) in [6.07, 6.45) is 1.27. The van der Waals surface area contributed by atoms with Crippen LogP contribution in [0.25, 0.3) is 22.2 Å². The molecule has 0 saturated carbocycles. The molecule has 10 heteroatoms. The number of nitrogens with one attached hydrogen (secondary N) is 1. The minimum absolute atomic E-state index is 0.0584. The van der Waals surface area contributed by atoms with Crippen LogP contribution in [0.3, 0.4) is 0 Å². The van der Waals surface area contributed by atoms with Gasteiger partial charge in [0.25, 0.3) is 0 Å². The van der Waals surface area contributed by atoms with Gasteiger partial charge in [-0.1, -0.05) is 12.1 Å².